The van der Waals surface area contributed by atoms with E-state index in [1.165, 1.54) is 11.3 Å². The minimum atomic E-state index is -0.253. The van der Waals surface area contributed by atoms with Gasteiger partial charge in [0.2, 0.25) is 4.96 Å². The average molecular weight is 415 g/mol. The van der Waals surface area contributed by atoms with Gasteiger partial charge in [0.1, 0.15) is 6.61 Å². The molecule has 0 fully saturated rings. The highest BCUT2D eigenvalue weighted by molar-refractivity contribution is 9.10. The fourth-order valence-corrected chi connectivity index (χ4v) is 3.96. The predicted molar refractivity (Wildman–Crippen MR) is 97.1 cm³/mol. The van der Waals surface area contributed by atoms with Crippen molar-refractivity contribution >= 4 is 32.2 Å². The third-order valence-electron chi connectivity index (χ3n) is 3.87. The summed E-state index contributed by atoms with van der Waals surface area (Å²) < 4.78 is 14.6. The third-order valence-corrected chi connectivity index (χ3v) is 5.36. The fourth-order valence-electron chi connectivity index (χ4n) is 2.71. The van der Waals surface area contributed by atoms with Gasteiger partial charge in [0.15, 0.2) is 28.4 Å². The maximum atomic E-state index is 6.04. The van der Waals surface area contributed by atoms with Gasteiger partial charge in [-0.15, -0.1) is 10.2 Å². The summed E-state index contributed by atoms with van der Waals surface area (Å²) in [6.45, 7) is 0.424. The summed E-state index contributed by atoms with van der Waals surface area (Å²) >= 11 is 4.94. The molecule has 1 aliphatic rings. The lowest BCUT2D eigenvalue weighted by molar-refractivity contribution is 0.0904. The van der Waals surface area contributed by atoms with Gasteiger partial charge in [0.05, 0.1) is 0 Å². The largest absolute Gasteiger partial charge is 0.485 e. The number of benzene rings is 2. The van der Waals surface area contributed by atoms with E-state index in [2.05, 4.69) is 31.2 Å². The summed E-state index contributed by atoms with van der Waals surface area (Å²) in [4.78, 5) is 0.729. The molecule has 1 atom stereocenters. The van der Waals surface area contributed by atoms with Gasteiger partial charge in [-0.05, 0) is 24.3 Å². The zero-order valence-corrected chi connectivity index (χ0v) is 15.2. The highest BCUT2D eigenvalue weighted by atomic mass is 79.9. The van der Waals surface area contributed by atoms with Crippen LogP contribution in [-0.4, -0.2) is 26.4 Å². The number of aromatic nitrogens is 4. The second kappa shape index (κ2) is 5.82. The fraction of sp³-hybridized carbons (Fsp3) is 0.118. The number of para-hydroxylation sites is 2. The van der Waals surface area contributed by atoms with Crippen LogP contribution in [0.2, 0.25) is 0 Å². The van der Waals surface area contributed by atoms with Crippen LogP contribution in [0.15, 0.2) is 53.0 Å². The van der Waals surface area contributed by atoms with Crippen LogP contribution in [0, 0.1) is 0 Å². The maximum Gasteiger partial charge on any atom is 0.235 e. The Morgan fingerprint density at radius 1 is 1.08 bits per heavy atom. The van der Waals surface area contributed by atoms with Crippen molar-refractivity contribution in [2.75, 3.05) is 6.61 Å². The van der Waals surface area contributed by atoms with Crippen LogP contribution in [0.3, 0.4) is 0 Å². The van der Waals surface area contributed by atoms with Crippen LogP contribution >= 0.6 is 27.3 Å². The molecule has 0 saturated carbocycles. The quantitative estimate of drug-likeness (QED) is 0.493. The lowest BCUT2D eigenvalue weighted by Gasteiger charge is -2.24. The number of halogens is 1. The molecule has 3 heterocycles. The number of nitrogens with zero attached hydrogens (tertiary/aromatic N) is 4. The van der Waals surface area contributed by atoms with E-state index in [1.54, 1.807) is 4.52 Å². The first-order chi connectivity index (χ1) is 12.3. The number of hydrogen-bond donors (Lipinski definition) is 0. The highest BCUT2D eigenvalue weighted by Crippen LogP contribution is 2.37. The lowest BCUT2D eigenvalue weighted by atomic mass is 10.2. The minimum absolute atomic E-state index is 0.253. The summed E-state index contributed by atoms with van der Waals surface area (Å²) in [6, 6.07) is 15.6. The van der Waals surface area contributed by atoms with E-state index in [4.69, 9.17) is 9.47 Å². The zero-order valence-electron chi connectivity index (χ0n) is 12.8. The number of fused-ring (bicyclic) bond motifs is 2. The van der Waals surface area contributed by atoms with Crippen LogP contribution in [0.4, 0.5) is 0 Å². The van der Waals surface area contributed by atoms with E-state index in [0.29, 0.717) is 12.4 Å². The first kappa shape index (κ1) is 14.9. The maximum absolute atomic E-state index is 6.04. The molecule has 0 radical (unpaired) electrons. The van der Waals surface area contributed by atoms with E-state index >= 15 is 0 Å². The topological polar surface area (TPSA) is 61.5 Å². The molecule has 124 valence electrons. The molecule has 0 spiro atoms. The van der Waals surface area contributed by atoms with Gasteiger partial charge in [-0.3, -0.25) is 0 Å². The van der Waals surface area contributed by atoms with E-state index in [0.717, 1.165) is 31.5 Å². The van der Waals surface area contributed by atoms with E-state index in [1.807, 2.05) is 48.5 Å². The summed E-state index contributed by atoms with van der Waals surface area (Å²) in [7, 11) is 0. The Kier molecular flexibility index (Phi) is 3.46. The molecule has 2 aromatic heterocycles. The molecule has 0 amide bonds. The van der Waals surface area contributed by atoms with Crippen molar-refractivity contribution in [2.45, 2.75) is 6.10 Å². The molecule has 0 bridgehead atoms. The molecule has 8 heteroatoms. The van der Waals surface area contributed by atoms with Crippen molar-refractivity contribution < 1.29 is 9.47 Å². The van der Waals surface area contributed by atoms with Crippen LogP contribution < -0.4 is 9.47 Å². The van der Waals surface area contributed by atoms with Crippen LogP contribution in [0.25, 0.3) is 16.3 Å². The monoisotopic (exact) mass is 414 g/mol. The first-order valence-electron chi connectivity index (χ1n) is 7.64. The highest BCUT2D eigenvalue weighted by Gasteiger charge is 2.27. The Labute approximate surface area is 155 Å². The van der Waals surface area contributed by atoms with Crippen LogP contribution in [0.1, 0.15) is 11.1 Å². The number of rotatable bonds is 2. The first-order valence-corrected chi connectivity index (χ1v) is 9.25. The van der Waals surface area contributed by atoms with Crippen LogP contribution in [0.5, 0.6) is 11.5 Å². The SMILES string of the molecule is Brc1cccc(-c2nnc3sc(C4COc5ccccc5O4)nn23)c1. The molecule has 2 aromatic carbocycles. The summed E-state index contributed by atoms with van der Waals surface area (Å²) in [6.07, 6.45) is -0.253. The van der Waals surface area contributed by atoms with Crippen molar-refractivity contribution in [1.82, 2.24) is 19.8 Å². The van der Waals surface area contributed by atoms with Crippen molar-refractivity contribution in [1.29, 1.82) is 0 Å². The summed E-state index contributed by atoms with van der Waals surface area (Å²) in [5, 5.41) is 14.0. The Morgan fingerprint density at radius 2 is 1.96 bits per heavy atom. The molecular weight excluding hydrogens is 404 g/mol. The number of ether oxygens (including phenoxy) is 2. The molecule has 1 unspecified atom stereocenters. The lowest BCUT2D eigenvalue weighted by Crippen LogP contribution is -2.21. The van der Waals surface area contributed by atoms with Gasteiger partial charge in [-0.2, -0.15) is 9.61 Å². The van der Waals surface area contributed by atoms with Crippen LogP contribution in [-0.2, 0) is 0 Å². The molecule has 0 saturated heterocycles. The standard InChI is InChI=1S/C17H11BrN4O2S/c18-11-5-3-4-10(8-11)15-19-20-17-22(15)21-16(25-17)14-9-23-12-6-1-2-7-13(12)24-14/h1-8,14H,9H2. The second-order valence-electron chi connectivity index (χ2n) is 5.53. The van der Waals surface area contributed by atoms with Crippen molar-refractivity contribution in [2.24, 2.45) is 0 Å². The Bertz CT molecular complexity index is 1080. The second-order valence-corrected chi connectivity index (χ2v) is 7.44. The van der Waals surface area contributed by atoms with Gasteiger partial charge in [-0.25, -0.2) is 0 Å². The van der Waals surface area contributed by atoms with Crippen molar-refractivity contribution in [3.63, 3.8) is 0 Å². The van der Waals surface area contributed by atoms with Gasteiger partial charge in [-0.1, -0.05) is 51.5 Å². The van der Waals surface area contributed by atoms with E-state index < -0.39 is 0 Å². The molecule has 0 N–H and O–H groups in total. The number of hydrogen-bond acceptors (Lipinski definition) is 6. The van der Waals surface area contributed by atoms with Gasteiger partial charge in [0, 0.05) is 10.0 Å². The molecule has 6 nitrogen and oxygen atoms in total. The smallest absolute Gasteiger partial charge is 0.235 e. The van der Waals surface area contributed by atoms with Gasteiger partial charge >= 0.3 is 0 Å². The summed E-state index contributed by atoms with van der Waals surface area (Å²) in [5.41, 5.74) is 0.949. The summed E-state index contributed by atoms with van der Waals surface area (Å²) in [5.74, 6) is 2.20. The Balaban J connectivity index is 1.52. The van der Waals surface area contributed by atoms with E-state index in [9.17, 15) is 0 Å². The van der Waals surface area contributed by atoms with Gasteiger partial charge < -0.3 is 9.47 Å². The Morgan fingerprint density at radius 3 is 2.84 bits per heavy atom. The average Bonchev–Trinajstić information content (AvgIpc) is 3.22. The van der Waals surface area contributed by atoms with Crippen molar-refractivity contribution in [3.05, 3.63) is 58.0 Å². The third kappa shape index (κ3) is 2.58. The predicted octanol–water partition coefficient (Wildman–Crippen LogP) is 4.13. The van der Waals surface area contributed by atoms with Crippen molar-refractivity contribution in [3.8, 4) is 22.9 Å². The molecule has 25 heavy (non-hydrogen) atoms. The zero-order chi connectivity index (χ0) is 16.8. The molecule has 1 aliphatic heterocycles. The molecule has 0 aliphatic carbocycles. The van der Waals surface area contributed by atoms with E-state index in [-0.39, 0.29) is 6.10 Å². The molecule has 5 rings (SSSR count). The minimum Gasteiger partial charge on any atom is -0.485 e. The Hall–Kier alpha value is -2.45. The normalized spacial score (nSPS) is 16.3. The molecular formula is C17H11BrN4O2S. The molecule has 4 aromatic rings. The van der Waals surface area contributed by atoms with Gasteiger partial charge in [0.25, 0.3) is 0 Å².